The number of hydrogen-bond donors (Lipinski definition) is 1. The molecule has 0 atom stereocenters. The zero-order valence-electron chi connectivity index (χ0n) is 12.0. The van der Waals surface area contributed by atoms with Gasteiger partial charge in [-0.3, -0.25) is 4.98 Å². The Morgan fingerprint density at radius 1 is 1.26 bits per heavy atom. The average molecular weight is 265 g/mol. The monoisotopic (exact) mass is 265 g/mol. The minimum absolute atomic E-state index is 0.0823. The fraction of sp³-hybridized carbons (Fsp3) is 0.714. The van der Waals surface area contributed by atoms with Gasteiger partial charge in [-0.05, 0) is 20.8 Å². The summed E-state index contributed by atoms with van der Waals surface area (Å²) in [5, 5.41) is 3.38. The molecule has 5 nitrogen and oxygen atoms in total. The van der Waals surface area contributed by atoms with E-state index in [2.05, 4.69) is 36.1 Å². The lowest BCUT2D eigenvalue weighted by molar-refractivity contribution is 0.0235. The van der Waals surface area contributed by atoms with Gasteiger partial charge in [0.05, 0.1) is 31.3 Å². The summed E-state index contributed by atoms with van der Waals surface area (Å²) < 4.78 is 11.1. The molecule has 0 amide bonds. The van der Waals surface area contributed by atoms with Gasteiger partial charge < -0.3 is 14.8 Å². The number of hydrogen-bond acceptors (Lipinski definition) is 5. The Morgan fingerprint density at radius 3 is 2.58 bits per heavy atom. The molecule has 2 heterocycles. The molecule has 5 heteroatoms. The van der Waals surface area contributed by atoms with Crippen molar-refractivity contribution in [1.29, 1.82) is 0 Å². The van der Waals surface area contributed by atoms with Crippen LogP contribution in [0.4, 0.5) is 0 Å². The predicted molar refractivity (Wildman–Crippen MR) is 73.1 cm³/mol. The van der Waals surface area contributed by atoms with Crippen molar-refractivity contribution in [2.45, 2.75) is 51.8 Å². The first-order valence-electron chi connectivity index (χ1n) is 6.83. The summed E-state index contributed by atoms with van der Waals surface area (Å²) in [4.78, 5) is 8.67. The smallest absolute Gasteiger partial charge is 0.232 e. The highest BCUT2D eigenvalue weighted by Crippen LogP contribution is 2.14. The molecule has 1 fully saturated rings. The number of aromatic nitrogens is 2. The molecule has 2 rings (SSSR count). The largest absolute Gasteiger partial charge is 0.473 e. The number of nitrogens with zero attached hydrogens (tertiary/aromatic N) is 2. The minimum Gasteiger partial charge on any atom is -0.473 e. The number of ether oxygens (including phenoxy) is 2. The first-order valence-corrected chi connectivity index (χ1v) is 6.83. The van der Waals surface area contributed by atoms with Gasteiger partial charge in [-0.1, -0.05) is 0 Å². The molecule has 1 saturated heterocycles. The molecule has 0 aliphatic carbocycles. The van der Waals surface area contributed by atoms with Crippen LogP contribution in [0, 0.1) is 0 Å². The maximum Gasteiger partial charge on any atom is 0.232 e. The molecule has 1 N–H and O–H groups in total. The van der Waals surface area contributed by atoms with Gasteiger partial charge in [0.15, 0.2) is 0 Å². The summed E-state index contributed by atoms with van der Waals surface area (Å²) in [5.74, 6) is 0.603. The van der Waals surface area contributed by atoms with Gasteiger partial charge in [0, 0.05) is 24.9 Å². The maximum atomic E-state index is 5.78. The van der Waals surface area contributed by atoms with Crippen molar-refractivity contribution >= 4 is 0 Å². The molecule has 0 unspecified atom stereocenters. The normalized spacial score (nSPS) is 17.4. The summed E-state index contributed by atoms with van der Waals surface area (Å²) in [7, 11) is 0. The molecule has 0 aromatic carbocycles. The van der Waals surface area contributed by atoms with E-state index in [1.807, 2.05) is 0 Å². The molecule has 106 valence electrons. The lowest BCUT2D eigenvalue weighted by Gasteiger charge is -2.22. The SMILES string of the molecule is CC(C)(C)NCc1cnc(OC2CCOCC2)cn1. The van der Waals surface area contributed by atoms with Crippen LogP contribution < -0.4 is 10.1 Å². The van der Waals surface area contributed by atoms with Gasteiger partial charge in [0.1, 0.15) is 6.10 Å². The highest BCUT2D eigenvalue weighted by Gasteiger charge is 2.16. The van der Waals surface area contributed by atoms with Crippen LogP contribution in [0.2, 0.25) is 0 Å². The summed E-state index contributed by atoms with van der Waals surface area (Å²) in [6.45, 7) is 8.64. The van der Waals surface area contributed by atoms with Crippen molar-refractivity contribution in [3.8, 4) is 5.88 Å². The van der Waals surface area contributed by atoms with E-state index in [0.29, 0.717) is 12.4 Å². The van der Waals surface area contributed by atoms with Crippen LogP contribution in [-0.4, -0.2) is 34.8 Å². The lowest BCUT2D eigenvalue weighted by atomic mass is 10.1. The quantitative estimate of drug-likeness (QED) is 0.901. The van der Waals surface area contributed by atoms with E-state index in [1.54, 1.807) is 12.4 Å². The molecule has 0 radical (unpaired) electrons. The van der Waals surface area contributed by atoms with Crippen LogP contribution in [0.3, 0.4) is 0 Å². The predicted octanol–water partition coefficient (Wildman–Crippen LogP) is 1.92. The van der Waals surface area contributed by atoms with E-state index in [9.17, 15) is 0 Å². The summed E-state index contributed by atoms with van der Waals surface area (Å²) in [6.07, 6.45) is 5.54. The van der Waals surface area contributed by atoms with Crippen molar-refractivity contribution < 1.29 is 9.47 Å². The standard InChI is InChI=1S/C14H23N3O2/c1-14(2,3)17-9-11-8-16-13(10-15-11)19-12-4-6-18-7-5-12/h8,10,12,17H,4-7,9H2,1-3H3. The van der Waals surface area contributed by atoms with E-state index < -0.39 is 0 Å². The van der Waals surface area contributed by atoms with Crippen LogP contribution in [0.1, 0.15) is 39.3 Å². The Kier molecular flexibility index (Phi) is 4.71. The topological polar surface area (TPSA) is 56.3 Å². The fourth-order valence-corrected chi connectivity index (χ4v) is 1.82. The maximum absolute atomic E-state index is 5.78. The Morgan fingerprint density at radius 2 is 2.00 bits per heavy atom. The molecule has 1 aliphatic rings. The summed E-state index contributed by atoms with van der Waals surface area (Å²) >= 11 is 0. The third-order valence-corrected chi connectivity index (χ3v) is 2.94. The van der Waals surface area contributed by atoms with E-state index >= 15 is 0 Å². The van der Waals surface area contributed by atoms with Gasteiger partial charge in [0.25, 0.3) is 0 Å². The summed E-state index contributed by atoms with van der Waals surface area (Å²) in [6, 6.07) is 0. The van der Waals surface area contributed by atoms with Gasteiger partial charge in [0.2, 0.25) is 5.88 Å². The third kappa shape index (κ3) is 5.12. The van der Waals surface area contributed by atoms with Crippen molar-refractivity contribution in [2.24, 2.45) is 0 Å². The second kappa shape index (κ2) is 6.30. The van der Waals surface area contributed by atoms with Crippen LogP contribution in [-0.2, 0) is 11.3 Å². The van der Waals surface area contributed by atoms with Gasteiger partial charge in [-0.25, -0.2) is 4.98 Å². The fourth-order valence-electron chi connectivity index (χ4n) is 1.82. The minimum atomic E-state index is 0.0823. The molecule has 1 aromatic heterocycles. The van der Waals surface area contributed by atoms with Gasteiger partial charge in [-0.15, -0.1) is 0 Å². The molecule has 0 saturated carbocycles. The molecule has 1 aliphatic heterocycles. The molecule has 0 spiro atoms. The Labute approximate surface area is 114 Å². The van der Waals surface area contributed by atoms with Crippen molar-refractivity contribution in [3.05, 3.63) is 18.1 Å². The van der Waals surface area contributed by atoms with Crippen molar-refractivity contribution in [3.63, 3.8) is 0 Å². The van der Waals surface area contributed by atoms with Gasteiger partial charge in [-0.2, -0.15) is 0 Å². The van der Waals surface area contributed by atoms with E-state index in [4.69, 9.17) is 9.47 Å². The zero-order valence-corrected chi connectivity index (χ0v) is 12.0. The molecule has 0 bridgehead atoms. The van der Waals surface area contributed by atoms with Gasteiger partial charge >= 0.3 is 0 Å². The molecular weight excluding hydrogens is 242 g/mol. The van der Waals surface area contributed by atoms with Crippen LogP contribution in [0.5, 0.6) is 5.88 Å². The van der Waals surface area contributed by atoms with Crippen molar-refractivity contribution in [2.75, 3.05) is 13.2 Å². The first kappa shape index (κ1) is 14.2. The molecule has 1 aromatic rings. The first-order chi connectivity index (χ1) is 9.03. The Balaban J connectivity index is 1.83. The molecular formula is C14H23N3O2. The van der Waals surface area contributed by atoms with Crippen LogP contribution in [0.15, 0.2) is 12.4 Å². The highest BCUT2D eigenvalue weighted by molar-refractivity contribution is 5.08. The highest BCUT2D eigenvalue weighted by atomic mass is 16.5. The average Bonchev–Trinajstić information content (AvgIpc) is 2.38. The van der Waals surface area contributed by atoms with E-state index in [-0.39, 0.29) is 11.6 Å². The van der Waals surface area contributed by atoms with Crippen molar-refractivity contribution in [1.82, 2.24) is 15.3 Å². The van der Waals surface area contributed by atoms with Crippen LogP contribution >= 0.6 is 0 Å². The summed E-state index contributed by atoms with van der Waals surface area (Å²) in [5.41, 5.74) is 1.01. The Bertz CT molecular complexity index is 381. The van der Waals surface area contributed by atoms with E-state index in [1.165, 1.54) is 0 Å². The zero-order chi connectivity index (χ0) is 13.7. The second-order valence-electron chi connectivity index (χ2n) is 5.88. The Hall–Kier alpha value is -1.20. The lowest BCUT2D eigenvalue weighted by Crippen LogP contribution is -2.35. The third-order valence-electron chi connectivity index (χ3n) is 2.94. The second-order valence-corrected chi connectivity index (χ2v) is 5.88. The number of rotatable bonds is 4. The van der Waals surface area contributed by atoms with E-state index in [0.717, 1.165) is 31.7 Å². The molecule has 19 heavy (non-hydrogen) atoms. The van der Waals surface area contributed by atoms with Crippen LogP contribution in [0.25, 0.3) is 0 Å². The number of nitrogens with one attached hydrogen (secondary N) is 1.